The zero-order chi connectivity index (χ0) is 26.5. The summed E-state index contributed by atoms with van der Waals surface area (Å²) < 4.78 is 21.7. The first-order valence-electron chi connectivity index (χ1n) is 11.9. The van der Waals surface area contributed by atoms with Crippen LogP contribution >= 0.6 is 11.3 Å². The summed E-state index contributed by atoms with van der Waals surface area (Å²) in [6.45, 7) is 7.39. The van der Waals surface area contributed by atoms with Crippen LogP contribution in [0.4, 0.5) is 16.9 Å². The number of ether oxygens (including phenoxy) is 4. The van der Waals surface area contributed by atoms with Crippen molar-refractivity contribution >= 4 is 34.2 Å². The van der Waals surface area contributed by atoms with Crippen LogP contribution in [-0.2, 0) is 4.74 Å². The third-order valence-corrected chi connectivity index (χ3v) is 7.03. The van der Waals surface area contributed by atoms with Crippen LogP contribution < -0.4 is 24.4 Å². The van der Waals surface area contributed by atoms with E-state index in [0.717, 1.165) is 37.6 Å². The Hall–Kier alpha value is -3.64. The molecule has 37 heavy (non-hydrogen) atoms. The van der Waals surface area contributed by atoms with Gasteiger partial charge in [0.05, 0.1) is 39.3 Å². The molecule has 4 rings (SSSR count). The number of nitrogens with one attached hydrogen (secondary N) is 1. The summed E-state index contributed by atoms with van der Waals surface area (Å²) >= 11 is 1.21. The minimum atomic E-state index is -0.393. The van der Waals surface area contributed by atoms with Gasteiger partial charge in [0.25, 0.3) is 0 Å². The Labute approximate surface area is 220 Å². The molecule has 0 bridgehead atoms. The van der Waals surface area contributed by atoms with Gasteiger partial charge in [0.2, 0.25) is 11.7 Å². The molecule has 3 aromatic rings. The van der Waals surface area contributed by atoms with E-state index in [-0.39, 0.29) is 0 Å². The first-order valence-corrected chi connectivity index (χ1v) is 12.7. The van der Waals surface area contributed by atoms with Gasteiger partial charge in [-0.2, -0.15) is 4.98 Å². The average molecular weight is 529 g/mol. The average Bonchev–Trinajstić information content (AvgIpc) is 3.27. The van der Waals surface area contributed by atoms with Gasteiger partial charge in [-0.25, -0.2) is 14.8 Å². The summed E-state index contributed by atoms with van der Waals surface area (Å²) in [6.07, 6.45) is 0. The molecular formula is C25H32N6O5S. The zero-order valence-electron chi connectivity index (χ0n) is 22.0. The molecule has 1 aliphatic heterocycles. The van der Waals surface area contributed by atoms with Gasteiger partial charge in [-0.1, -0.05) is 11.3 Å². The van der Waals surface area contributed by atoms with Crippen molar-refractivity contribution in [3.8, 4) is 28.5 Å². The Morgan fingerprint density at radius 2 is 1.68 bits per heavy atom. The summed E-state index contributed by atoms with van der Waals surface area (Å²) in [5.41, 5.74) is 2.04. The van der Waals surface area contributed by atoms with E-state index in [9.17, 15) is 4.79 Å². The van der Waals surface area contributed by atoms with Gasteiger partial charge in [0.1, 0.15) is 10.7 Å². The Morgan fingerprint density at radius 3 is 2.27 bits per heavy atom. The lowest BCUT2D eigenvalue weighted by Crippen LogP contribution is -2.44. The van der Waals surface area contributed by atoms with Gasteiger partial charge < -0.3 is 28.7 Å². The smallest absolute Gasteiger partial charge is 0.350 e. The van der Waals surface area contributed by atoms with E-state index in [1.54, 1.807) is 35.2 Å². The second-order valence-corrected chi connectivity index (χ2v) is 9.42. The highest BCUT2D eigenvalue weighted by Crippen LogP contribution is 2.41. The molecule has 0 atom stereocenters. The number of nitrogens with zero attached hydrogens (tertiary/aromatic N) is 5. The standard InChI is InChI=1S/C25H32N6O5S/c1-7-36-23(32)22-15(2)26-25(37-22)29-24-27-17(14-20(28-24)31-10-8-30(3)9-11-31)16-12-18(33-4)21(35-6)19(13-16)34-5/h12-14H,7-11H2,1-6H3,(H,26,27,28,29). The van der Waals surface area contributed by atoms with Crippen molar-refractivity contribution in [2.45, 2.75) is 13.8 Å². The summed E-state index contributed by atoms with van der Waals surface area (Å²) in [5.74, 6) is 2.32. The number of esters is 1. The largest absolute Gasteiger partial charge is 0.493 e. The fourth-order valence-corrected chi connectivity index (χ4v) is 4.85. The molecule has 1 N–H and O–H groups in total. The van der Waals surface area contributed by atoms with E-state index in [0.29, 0.717) is 51.2 Å². The maximum Gasteiger partial charge on any atom is 0.350 e. The molecule has 0 radical (unpaired) electrons. The number of carbonyl (C=O) groups is 1. The number of methoxy groups -OCH3 is 3. The minimum Gasteiger partial charge on any atom is -0.493 e. The van der Waals surface area contributed by atoms with Crippen LogP contribution in [0.2, 0.25) is 0 Å². The summed E-state index contributed by atoms with van der Waals surface area (Å²) in [6, 6.07) is 5.66. The van der Waals surface area contributed by atoms with Gasteiger partial charge in [0, 0.05) is 37.8 Å². The van der Waals surface area contributed by atoms with Crippen molar-refractivity contribution in [3.05, 3.63) is 28.8 Å². The lowest BCUT2D eigenvalue weighted by atomic mass is 10.1. The SMILES string of the molecule is CCOC(=O)c1sc(Nc2nc(-c3cc(OC)c(OC)c(OC)c3)cc(N3CCN(C)CC3)n2)nc1C. The molecule has 198 valence electrons. The fraction of sp³-hybridized carbons (Fsp3) is 0.440. The Morgan fingerprint density at radius 1 is 1.00 bits per heavy atom. The van der Waals surface area contributed by atoms with Crippen molar-refractivity contribution in [2.75, 3.05) is 71.4 Å². The number of anilines is 3. The van der Waals surface area contributed by atoms with Crippen LogP contribution in [0.3, 0.4) is 0 Å². The molecule has 0 aliphatic carbocycles. The molecule has 0 spiro atoms. The van der Waals surface area contributed by atoms with Crippen LogP contribution in [0.5, 0.6) is 17.2 Å². The monoisotopic (exact) mass is 528 g/mol. The van der Waals surface area contributed by atoms with E-state index in [4.69, 9.17) is 28.9 Å². The van der Waals surface area contributed by atoms with Crippen LogP contribution in [0.15, 0.2) is 18.2 Å². The van der Waals surface area contributed by atoms with Crippen LogP contribution in [0.1, 0.15) is 22.3 Å². The summed E-state index contributed by atoms with van der Waals surface area (Å²) in [7, 11) is 6.83. The predicted octanol–water partition coefficient (Wildman–Crippen LogP) is 3.61. The van der Waals surface area contributed by atoms with Crippen molar-refractivity contribution in [1.82, 2.24) is 19.9 Å². The van der Waals surface area contributed by atoms with Crippen molar-refractivity contribution in [2.24, 2.45) is 0 Å². The second kappa shape index (κ2) is 11.6. The number of thiazole rings is 1. The number of aromatic nitrogens is 3. The Kier molecular flexibility index (Phi) is 8.29. The molecular weight excluding hydrogens is 496 g/mol. The first-order chi connectivity index (χ1) is 17.9. The van der Waals surface area contributed by atoms with E-state index >= 15 is 0 Å². The lowest BCUT2D eigenvalue weighted by molar-refractivity contribution is 0.0531. The molecule has 0 saturated carbocycles. The van der Waals surface area contributed by atoms with Crippen molar-refractivity contribution in [1.29, 1.82) is 0 Å². The molecule has 0 amide bonds. The first kappa shape index (κ1) is 26.4. The van der Waals surface area contributed by atoms with E-state index in [2.05, 4.69) is 27.1 Å². The molecule has 2 aromatic heterocycles. The quantitative estimate of drug-likeness (QED) is 0.411. The van der Waals surface area contributed by atoms with Gasteiger partial charge in [0.15, 0.2) is 16.6 Å². The molecule has 1 aliphatic rings. The van der Waals surface area contributed by atoms with Crippen LogP contribution in [0.25, 0.3) is 11.3 Å². The van der Waals surface area contributed by atoms with E-state index in [1.807, 2.05) is 18.2 Å². The van der Waals surface area contributed by atoms with Crippen molar-refractivity contribution < 1.29 is 23.7 Å². The highest BCUT2D eigenvalue weighted by molar-refractivity contribution is 7.17. The highest BCUT2D eigenvalue weighted by Gasteiger charge is 2.21. The predicted molar refractivity (Wildman–Crippen MR) is 143 cm³/mol. The number of aryl methyl sites for hydroxylation is 1. The van der Waals surface area contributed by atoms with Gasteiger partial charge in [-0.15, -0.1) is 0 Å². The van der Waals surface area contributed by atoms with Crippen LogP contribution in [0, 0.1) is 6.92 Å². The zero-order valence-corrected chi connectivity index (χ0v) is 22.8. The number of rotatable bonds is 9. The molecule has 12 heteroatoms. The third kappa shape index (κ3) is 5.86. The Bertz CT molecular complexity index is 1230. The lowest BCUT2D eigenvalue weighted by Gasteiger charge is -2.33. The van der Waals surface area contributed by atoms with Crippen LogP contribution in [-0.4, -0.2) is 87.0 Å². The number of hydrogen-bond donors (Lipinski definition) is 1. The van der Waals surface area contributed by atoms with Gasteiger partial charge in [-0.3, -0.25) is 5.32 Å². The molecule has 3 heterocycles. The third-order valence-electron chi connectivity index (χ3n) is 5.98. The van der Waals surface area contributed by atoms with Gasteiger partial charge >= 0.3 is 5.97 Å². The fourth-order valence-electron chi connectivity index (χ4n) is 4.00. The molecule has 1 saturated heterocycles. The highest BCUT2D eigenvalue weighted by atomic mass is 32.1. The molecule has 11 nitrogen and oxygen atoms in total. The molecule has 1 fully saturated rings. The van der Waals surface area contributed by atoms with Crippen molar-refractivity contribution in [3.63, 3.8) is 0 Å². The molecule has 0 unspecified atom stereocenters. The number of hydrogen-bond acceptors (Lipinski definition) is 12. The molecule has 1 aromatic carbocycles. The minimum absolute atomic E-state index is 0.299. The second-order valence-electron chi connectivity index (χ2n) is 8.42. The number of piperazine rings is 1. The summed E-state index contributed by atoms with van der Waals surface area (Å²) in [5, 5.41) is 3.70. The van der Waals surface area contributed by atoms with E-state index < -0.39 is 5.97 Å². The topological polar surface area (TPSA) is 111 Å². The maximum absolute atomic E-state index is 12.3. The summed E-state index contributed by atoms with van der Waals surface area (Å²) in [4.78, 5) is 31.3. The number of carbonyl (C=O) groups excluding carboxylic acids is 1. The van der Waals surface area contributed by atoms with Gasteiger partial charge in [-0.05, 0) is 33.0 Å². The normalized spacial score (nSPS) is 13.8. The Balaban J connectivity index is 1.76. The van der Waals surface area contributed by atoms with E-state index in [1.165, 1.54) is 11.3 Å². The number of benzene rings is 1. The number of likely N-dealkylation sites (N-methyl/N-ethyl adjacent to an activating group) is 1. The maximum atomic E-state index is 12.3.